The number of thioether (sulfide) groups is 1. The molecule has 1 aliphatic heterocycles. The summed E-state index contributed by atoms with van der Waals surface area (Å²) in [5, 5.41) is 7.80. The van der Waals surface area contributed by atoms with E-state index in [-0.39, 0.29) is 5.91 Å². The van der Waals surface area contributed by atoms with Crippen LogP contribution in [0, 0.1) is 13.8 Å². The molecule has 2 aromatic rings. The highest BCUT2D eigenvalue weighted by atomic mass is 32.2. The molecule has 0 bridgehead atoms. The fourth-order valence-electron chi connectivity index (χ4n) is 3.75. The molecule has 0 radical (unpaired) electrons. The summed E-state index contributed by atoms with van der Waals surface area (Å²) in [5.41, 5.74) is 2.59. The van der Waals surface area contributed by atoms with Gasteiger partial charge in [0.1, 0.15) is 10.8 Å². The summed E-state index contributed by atoms with van der Waals surface area (Å²) in [5.74, 6) is 1.46. The number of piperidine rings is 1. The lowest BCUT2D eigenvalue weighted by atomic mass is 10.0. The molecule has 3 heterocycles. The molecule has 0 saturated carbocycles. The number of unbranched alkanes of at least 4 members (excludes halogenated alkanes) is 1. The first-order valence-electron chi connectivity index (χ1n) is 10.6. The second kappa shape index (κ2) is 10.8. The van der Waals surface area contributed by atoms with Gasteiger partial charge in [-0.05, 0) is 71.7 Å². The van der Waals surface area contributed by atoms with E-state index < -0.39 is 0 Å². The molecule has 0 spiro atoms. The molecule has 1 N–H and O–H groups in total. The zero-order valence-electron chi connectivity index (χ0n) is 17.7. The monoisotopic (exact) mass is 416 g/mol. The van der Waals surface area contributed by atoms with E-state index in [2.05, 4.69) is 27.3 Å². The summed E-state index contributed by atoms with van der Waals surface area (Å²) < 4.78 is 5.22. The normalized spacial score (nSPS) is 17.4. The maximum absolute atomic E-state index is 12.7. The van der Waals surface area contributed by atoms with E-state index in [1.165, 1.54) is 25.8 Å². The maximum Gasteiger partial charge on any atom is 0.254 e. The summed E-state index contributed by atoms with van der Waals surface area (Å²) in [6.45, 7) is 9.21. The Kier molecular flexibility index (Phi) is 8.12. The zero-order chi connectivity index (χ0) is 20.6. The Labute approximate surface area is 177 Å². The fraction of sp³-hybridized carbons (Fsp3) is 0.591. The predicted molar refractivity (Wildman–Crippen MR) is 116 cm³/mol. The molecular weight excluding hydrogens is 384 g/mol. The van der Waals surface area contributed by atoms with Gasteiger partial charge in [-0.25, -0.2) is 4.98 Å². The number of nitrogens with zero attached hydrogens (tertiary/aromatic N) is 3. The van der Waals surface area contributed by atoms with Crippen LogP contribution in [0.1, 0.15) is 66.4 Å². The SMILES string of the molecule is Cc1noc(C)c1CSc1ncccc1C(=O)NCCCCN1CCCC[C@@H]1C. The first-order valence-corrected chi connectivity index (χ1v) is 11.6. The largest absolute Gasteiger partial charge is 0.361 e. The third-order valence-electron chi connectivity index (χ3n) is 5.65. The Morgan fingerprint density at radius 3 is 2.97 bits per heavy atom. The minimum atomic E-state index is -0.0503. The number of hydrogen-bond acceptors (Lipinski definition) is 6. The van der Waals surface area contributed by atoms with Gasteiger partial charge in [-0.2, -0.15) is 0 Å². The van der Waals surface area contributed by atoms with Gasteiger partial charge < -0.3 is 14.7 Å². The molecule has 0 aromatic carbocycles. The highest BCUT2D eigenvalue weighted by Gasteiger charge is 2.18. The first kappa shape index (κ1) is 21.8. The predicted octanol–water partition coefficient (Wildman–Crippen LogP) is 4.36. The molecule has 2 aromatic heterocycles. The summed E-state index contributed by atoms with van der Waals surface area (Å²) in [4.78, 5) is 19.7. The number of aryl methyl sites for hydroxylation is 2. The fourth-order valence-corrected chi connectivity index (χ4v) is 4.90. The Hall–Kier alpha value is -1.86. The molecule has 1 amide bonds. The number of nitrogens with one attached hydrogen (secondary N) is 1. The van der Waals surface area contributed by atoms with E-state index in [9.17, 15) is 4.79 Å². The van der Waals surface area contributed by atoms with Crippen molar-refractivity contribution >= 4 is 17.7 Å². The van der Waals surface area contributed by atoms with E-state index >= 15 is 0 Å². The lowest BCUT2D eigenvalue weighted by molar-refractivity contribution is 0.0948. The van der Waals surface area contributed by atoms with E-state index in [0.29, 0.717) is 23.9 Å². The van der Waals surface area contributed by atoms with Gasteiger partial charge in [-0.3, -0.25) is 4.79 Å². The molecule has 1 fully saturated rings. The van der Waals surface area contributed by atoms with Gasteiger partial charge in [0.2, 0.25) is 0 Å². The minimum absolute atomic E-state index is 0.0503. The highest BCUT2D eigenvalue weighted by Crippen LogP contribution is 2.27. The van der Waals surface area contributed by atoms with E-state index in [0.717, 1.165) is 41.4 Å². The number of rotatable bonds is 9. The number of aromatic nitrogens is 2. The van der Waals surface area contributed by atoms with Crippen LogP contribution in [0.25, 0.3) is 0 Å². The van der Waals surface area contributed by atoms with Gasteiger partial charge in [-0.15, -0.1) is 11.8 Å². The maximum atomic E-state index is 12.7. The number of pyridine rings is 1. The molecule has 158 valence electrons. The molecular formula is C22H32N4O2S. The van der Waals surface area contributed by atoms with Crippen LogP contribution in [0.15, 0.2) is 27.9 Å². The molecule has 3 rings (SSSR count). The summed E-state index contributed by atoms with van der Waals surface area (Å²) in [6, 6.07) is 4.35. The van der Waals surface area contributed by atoms with Crippen molar-refractivity contribution in [3.63, 3.8) is 0 Å². The van der Waals surface area contributed by atoms with Crippen LogP contribution in [-0.4, -0.2) is 46.6 Å². The number of carbonyl (C=O) groups excluding carboxylic acids is 1. The lowest BCUT2D eigenvalue weighted by Gasteiger charge is -2.33. The van der Waals surface area contributed by atoms with Crippen LogP contribution in [0.2, 0.25) is 0 Å². The molecule has 1 atom stereocenters. The molecule has 0 aliphatic carbocycles. The third-order valence-corrected chi connectivity index (χ3v) is 6.68. The molecule has 0 unspecified atom stereocenters. The van der Waals surface area contributed by atoms with Crippen LogP contribution >= 0.6 is 11.8 Å². The van der Waals surface area contributed by atoms with Crippen molar-refractivity contribution in [1.29, 1.82) is 0 Å². The first-order chi connectivity index (χ1) is 14.1. The van der Waals surface area contributed by atoms with Crippen LogP contribution in [0.3, 0.4) is 0 Å². The number of carbonyl (C=O) groups is 1. The summed E-state index contributed by atoms with van der Waals surface area (Å²) in [6.07, 6.45) is 7.83. The third kappa shape index (κ3) is 6.06. The van der Waals surface area contributed by atoms with Crippen LogP contribution in [-0.2, 0) is 5.75 Å². The van der Waals surface area contributed by atoms with Crippen LogP contribution in [0.4, 0.5) is 0 Å². The van der Waals surface area contributed by atoms with Crippen LogP contribution < -0.4 is 5.32 Å². The average molecular weight is 417 g/mol. The minimum Gasteiger partial charge on any atom is -0.361 e. The Bertz CT molecular complexity index is 788. The van der Waals surface area contributed by atoms with Gasteiger partial charge in [0.25, 0.3) is 5.91 Å². The Morgan fingerprint density at radius 1 is 1.34 bits per heavy atom. The molecule has 7 heteroatoms. The van der Waals surface area contributed by atoms with Crippen LogP contribution in [0.5, 0.6) is 0 Å². The van der Waals surface area contributed by atoms with Crippen molar-refractivity contribution < 1.29 is 9.32 Å². The van der Waals surface area contributed by atoms with Gasteiger partial charge in [0, 0.05) is 30.1 Å². The summed E-state index contributed by atoms with van der Waals surface area (Å²) in [7, 11) is 0. The van der Waals surface area contributed by atoms with Gasteiger partial charge >= 0.3 is 0 Å². The van der Waals surface area contributed by atoms with Crippen molar-refractivity contribution in [1.82, 2.24) is 20.4 Å². The molecule has 29 heavy (non-hydrogen) atoms. The average Bonchev–Trinajstić information content (AvgIpc) is 3.05. The van der Waals surface area contributed by atoms with Crippen molar-refractivity contribution in [2.45, 2.75) is 69.7 Å². The Balaban J connectivity index is 1.45. The van der Waals surface area contributed by atoms with E-state index in [4.69, 9.17) is 4.52 Å². The van der Waals surface area contributed by atoms with E-state index in [1.807, 2.05) is 26.0 Å². The molecule has 6 nitrogen and oxygen atoms in total. The van der Waals surface area contributed by atoms with Gasteiger partial charge in [-0.1, -0.05) is 11.6 Å². The number of likely N-dealkylation sites (tertiary alicyclic amines) is 1. The second-order valence-corrected chi connectivity index (χ2v) is 8.76. The van der Waals surface area contributed by atoms with E-state index in [1.54, 1.807) is 18.0 Å². The Morgan fingerprint density at radius 2 is 2.21 bits per heavy atom. The van der Waals surface area contributed by atoms with Gasteiger partial charge in [0.15, 0.2) is 0 Å². The van der Waals surface area contributed by atoms with Gasteiger partial charge in [0.05, 0.1) is 11.3 Å². The second-order valence-electron chi connectivity index (χ2n) is 7.79. The number of hydrogen-bond donors (Lipinski definition) is 1. The quantitative estimate of drug-likeness (QED) is 0.484. The lowest BCUT2D eigenvalue weighted by Crippen LogP contribution is -2.38. The number of amides is 1. The molecule has 1 aliphatic rings. The zero-order valence-corrected chi connectivity index (χ0v) is 18.6. The topological polar surface area (TPSA) is 71.3 Å². The van der Waals surface area contributed by atoms with Crippen molar-refractivity contribution in [3.05, 3.63) is 40.9 Å². The highest BCUT2D eigenvalue weighted by molar-refractivity contribution is 7.98. The smallest absolute Gasteiger partial charge is 0.254 e. The van der Waals surface area contributed by atoms with Crippen molar-refractivity contribution in [2.75, 3.05) is 19.6 Å². The molecule has 1 saturated heterocycles. The summed E-state index contributed by atoms with van der Waals surface area (Å²) >= 11 is 1.55. The van der Waals surface area contributed by atoms with Crippen molar-refractivity contribution in [2.24, 2.45) is 0 Å². The standard InChI is InChI=1S/C22H32N4O2S/c1-16-9-4-6-13-26(16)14-7-5-11-23-21(27)19-10-8-12-24-22(19)29-15-20-17(2)25-28-18(20)3/h8,10,12,16H,4-7,9,11,13-15H2,1-3H3,(H,23,27)/t16-/m0/s1. The van der Waals surface area contributed by atoms with Crippen molar-refractivity contribution in [3.8, 4) is 0 Å².